The van der Waals surface area contributed by atoms with Crippen molar-refractivity contribution in [2.75, 3.05) is 18.1 Å². The SMILES string of the molecule is CSc1cccc(NC(=O)NCCc2ccc(Cl)cc2)c1. The molecule has 2 aromatic carbocycles. The van der Waals surface area contributed by atoms with Crippen LogP contribution in [-0.2, 0) is 6.42 Å². The van der Waals surface area contributed by atoms with Gasteiger partial charge in [0.25, 0.3) is 0 Å². The monoisotopic (exact) mass is 320 g/mol. The summed E-state index contributed by atoms with van der Waals surface area (Å²) < 4.78 is 0. The van der Waals surface area contributed by atoms with Gasteiger partial charge in [0.05, 0.1) is 0 Å². The molecule has 0 aliphatic rings. The summed E-state index contributed by atoms with van der Waals surface area (Å²) in [5, 5.41) is 6.39. The molecule has 3 nitrogen and oxygen atoms in total. The predicted molar refractivity (Wildman–Crippen MR) is 90.4 cm³/mol. The number of rotatable bonds is 5. The molecular formula is C16H17ClN2OS. The number of benzene rings is 2. The van der Waals surface area contributed by atoms with E-state index in [1.165, 1.54) is 0 Å². The van der Waals surface area contributed by atoms with E-state index in [1.54, 1.807) is 11.8 Å². The molecule has 0 aromatic heterocycles. The van der Waals surface area contributed by atoms with E-state index in [9.17, 15) is 4.79 Å². The summed E-state index contributed by atoms with van der Waals surface area (Å²) in [6.45, 7) is 0.579. The molecule has 5 heteroatoms. The number of nitrogens with one attached hydrogen (secondary N) is 2. The lowest BCUT2D eigenvalue weighted by Crippen LogP contribution is -2.30. The lowest BCUT2D eigenvalue weighted by atomic mass is 10.1. The Morgan fingerprint density at radius 3 is 2.67 bits per heavy atom. The van der Waals surface area contributed by atoms with Gasteiger partial charge in [-0.2, -0.15) is 0 Å². The first-order valence-electron chi connectivity index (χ1n) is 6.61. The van der Waals surface area contributed by atoms with Crippen LogP contribution in [0.4, 0.5) is 10.5 Å². The average molecular weight is 321 g/mol. The molecule has 0 atom stereocenters. The van der Waals surface area contributed by atoms with Gasteiger partial charge < -0.3 is 10.6 Å². The second kappa shape index (κ2) is 7.96. The zero-order valence-corrected chi connectivity index (χ0v) is 13.3. The molecule has 0 unspecified atom stereocenters. The molecule has 0 aliphatic carbocycles. The number of amides is 2. The first kappa shape index (κ1) is 15.7. The third-order valence-electron chi connectivity index (χ3n) is 2.94. The van der Waals surface area contributed by atoms with Gasteiger partial charge in [0.15, 0.2) is 0 Å². The van der Waals surface area contributed by atoms with Crippen molar-refractivity contribution >= 4 is 35.1 Å². The van der Waals surface area contributed by atoms with Crippen LogP contribution in [0, 0.1) is 0 Å². The van der Waals surface area contributed by atoms with Crippen LogP contribution in [0.5, 0.6) is 0 Å². The van der Waals surface area contributed by atoms with Crippen LogP contribution in [0.15, 0.2) is 53.4 Å². The second-order valence-corrected chi connectivity index (χ2v) is 5.81. The molecule has 0 heterocycles. The largest absolute Gasteiger partial charge is 0.338 e. The zero-order chi connectivity index (χ0) is 15.1. The van der Waals surface area contributed by atoms with Crippen molar-refractivity contribution in [2.45, 2.75) is 11.3 Å². The predicted octanol–water partition coefficient (Wildman–Crippen LogP) is 4.43. The van der Waals surface area contributed by atoms with Crippen molar-refractivity contribution in [1.29, 1.82) is 0 Å². The van der Waals surface area contributed by atoms with E-state index in [0.29, 0.717) is 6.54 Å². The molecule has 0 fully saturated rings. The highest BCUT2D eigenvalue weighted by atomic mass is 35.5. The number of thioether (sulfide) groups is 1. The molecule has 0 saturated carbocycles. The molecule has 0 spiro atoms. The number of carbonyl (C=O) groups excluding carboxylic acids is 1. The summed E-state index contributed by atoms with van der Waals surface area (Å²) in [4.78, 5) is 12.9. The van der Waals surface area contributed by atoms with E-state index in [4.69, 9.17) is 11.6 Å². The van der Waals surface area contributed by atoms with Gasteiger partial charge in [-0.3, -0.25) is 0 Å². The smallest absolute Gasteiger partial charge is 0.319 e. The standard InChI is InChI=1S/C16H17ClN2OS/c1-21-15-4-2-3-14(11-15)19-16(20)18-10-9-12-5-7-13(17)8-6-12/h2-8,11H,9-10H2,1H3,(H2,18,19,20). The maximum absolute atomic E-state index is 11.8. The van der Waals surface area contributed by atoms with Crippen LogP contribution >= 0.6 is 23.4 Å². The van der Waals surface area contributed by atoms with E-state index in [1.807, 2.05) is 54.8 Å². The summed E-state index contributed by atoms with van der Waals surface area (Å²) in [5.41, 5.74) is 1.94. The first-order valence-corrected chi connectivity index (χ1v) is 8.21. The summed E-state index contributed by atoms with van der Waals surface area (Å²) in [5.74, 6) is 0. The summed E-state index contributed by atoms with van der Waals surface area (Å²) in [7, 11) is 0. The van der Waals surface area contributed by atoms with E-state index >= 15 is 0 Å². The lowest BCUT2D eigenvalue weighted by molar-refractivity contribution is 0.252. The molecule has 2 amide bonds. The van der Waals surface area contributed by atoms with Crippen LogP contribution in [0.25, 0.3) is 0 Å². The molecule has 110 valence electrons. The summed E-state index contributed by atoms with van der Waals surface area (Å²) in [6.07, 6.45) is 2.78. The first-order chi connectivity index (χ1) is 10.2. The molecular weight excluding hydrogens is 304 g/mol. The highest BCUT2D eigenvalue weighted by molar-refractivity contribution is 7.98. The fourth-order valence-electron chi connectivity index (χ4n) is 1.85. The number of anilines is 1. The molecule has 2 rings (SSSR count). The van der Waals surface area contributed by atoms with Gasteiger partial charge in [0.1, 0.15) is 0 Å². The molecule has 2 aromatic rings. The van der Waals surface area contributed by atoms with Crippen molar-refractivity contribution in [3.05, 3.63) is 59.1 Å². The minimum absolute atomic E-state index is 0.192. The molecule has 0 saturated heterocycles. The Labute approximate surface area is 134 Å². The minimum Gasteiger partial charge on any atom is -0.338 e. The van der Waals surface area contributed by atoms with Gasteiger partial charge >= 0.3 is 6.03 Å². The van der Waals surface area contributed by atoms with Crippen molar-refractivity contribution in [3.8, 4) is 0 Å². The van der Waals surface area contributed by atoms with Gasteiger partial charge in [-0.15, -0.1) is 11.8 Å². The number of halogens is 1. The normalized spacial score (nSPS) is 10.2. The number of hydrogen-bond acceptors (Lipinski definition) is 2. The summed E-state index contributed by atoms with van der Waals surface area (Å²) in [6, 6.07) is 15.2. The summed E-state index contributed by atoms with van der Waals surface area (Å²) >= 11 is 7.47. The Hall–Kier alpha value is -1.65. The van der Waals surface area contributed by atoms with Crippen molar-refractivity contribution < 1.29 is 4.79 Å². The van der Waals surface area contributed by atoms with Crippen LogP contribution in [0.1, 0.15) is 5.56 Å². The maximum atomic E-state index is 11.8. The average Bonchev–Trinajstić information content (AvgIpc) is 2.49. The van der Waals surface area contributed by atoms with Gasteiger partial charge in [0, 0.05) is 22.2 Å². The fourth-order valence-corrected chi connectivity index (χ4v) is 2.43. The van der Waals surface area contributed by atoms with E-state index in [0.717, 1.165) is 27.6 Å². The number of urea groups is 1. The van der Waals surface area contributed by atoms with Gasteiger partial charge in [-0.05, 0) is 48.6 Å². The van der Waals surface area contributed by atoms with Crippen molar-refractivity contribution in [2.24, 2.45) is 0 Å². The van der Waals surface area contributed by atoms with Gasteiger partial charge in [-0.25, -0.2) is 4.79 Å². The number of hydrogen-bond donors (Lipinski definition) is 2. The molecule has 0 radical (unpaired) electrons. The number of carbonyl (C=O) groups is 1. The van der Waals surface area contributed by atoms with Crippen LogP contribution in [0.3, 0.4) is 0 Å². The van der Waals surface area contributed by atoms with Crippen LogP contribution in [-0.4, -0.2) is 18.8 Å². The molecule has 2 N–H and O–H groups in total. The molecule has 0 bridgehead atoms. The van der Waals surface area contributed by atoms with Gasteiger partial charge in [-0.1, -0.05) is 29.8 Å². The van der Waals surface area contributed by atoms with E-state index in [-0.39, 0.29) is 6.03 Å². The Morgan fingerprint density at radius 2 is 1.95 bits per heavy atom. The van der Waals surface area contributed by atoms with E-state index < -0.39 is 0 Å². The molecule has 21 heavy (non-hydrogen) atoms. The lowest BCUT2D eigenvalue weighted by Gasteiger charge is -2.08. The third kappa shape index (κ3) is 5.33. The van der Waals surface area contributed by atoms with Crippen molar-refractivity contribution in [1.82, 2.24) is 5.32 Å². The van der Waals surface area contributed by atoms with Crippen LogP contribution in [0.2, 0.25) is 5.02 Å². The van der Waals surface area contributed by atoms with Crippen LogP contribution < -0.4 is 10.6 Å². The van der Waals surface area contributed by atoms with Gasteiger partial charge in [0.2, 0.25) is 0 Å². The third-order valence-corrected chi connectivity index (χ3v) is 3.92. The highest BCUT2D eigenvalue weighted by Gasteiger charge is 2.02. The zero-order valence-electron chi connectivity index (χ0n) is 11.7. The Morgan fingerprint density at radius 1 is 1.19 bits per heavy atom. The maximum Gasteiger partial charge on any atom is 0.319 e. The minimum atomic E-state index is -0.192. The fraction of sp³-hybridized carbons (Fsp3) is 0.188. The quantitative estimate of drug-likeness (QED) is 0.800. The Balaban J connectivity index is 1.78. The Kier molecular flexibility index (Phi) is 5.96. The second-order valence-electron chi connectivity index (χ2n) is 4.49. The Bertz CT molecular complexity index is 601. The van der Waals surface area contributed by atoms with E-state index in [2.05, 4.69) is 10.6 Å². The topological polar surface area (TPSA) is 41.1 Å². The highest BCUT2D eigenvalue weighted by Crippen LogP contribution is 2.18. The van der Waals surface area contributed by atoms with Crippen molar-refractivity contribution in [3.63, 3.8) is 0 Å². The molecule has 0 aliphatic heterocycles.